The van der Waals surface area contributed by atoms with Crippen molar-refractivity contribution in [2.75, 3.05) is 9.80 Å². The molecular weight excluding hydrogens is 1710 g/mol. The van der Waals surface area contributed by atoms with Crippen LogP contribution in [0.1, 0.15) is 0 Å². The fraction of sp³-hybridized carbons (Fsp3) is 0. The molecule has 0 N–H and O–H groups in total. The lowest BCUT2D eigenvalue weighted by Crippen LogP contribution is -2.61. The topological polar surface area (TPSA) is 11.4 Å². The van der Waals surface area contributed by atoms with E-state index in [1.165, 1.54) is 125 Å². The van der Waals surface area contributed by atoms with Gasteiger partial charge in [0.1, 0.15) is 0 Å². The summed E-state index contributed by atoms with van der Waals surface area (Å²) >= 11 is 0. The molecule has 1 aromatic heterocycles. The maximum Gasteiger partial charge on any atom is 0.252 e. The molecule has 0 saturated heterocycles. The number of anilines is 6. The molecule has 658 valence electrons. The third-order valence-electron chi connectivity index (χ3n) is 30.1. The first kappa shape index (κ1) is 81.8. The second-order valence-corrected chi connectivity index (χ2v) is 37.9. The quantitative estimate of drug-likeness (QED) is 0.0749. The van der Waals surface area contributed by atoms with Crippen molar-refractivity contribution in [3.8, 4) is 139 Å². The molecule has 0 atom stereocenters. The molecule has 4 heteroatoms. The van der Waals surface area contributed by atoms with Crippen molar-refractivity contribution in [2.45, 2.75) is 0 Å². The van der Waals surface area contributed by atoms with Gasteiger partial charge in [0, 0.05) is 55.8 Å². The monoisotopic (exact) mass is 1800 g/mol. The minimum absolute atomic E-state index is 0.415. The van der Waals surface area contributed by atoms with Crippen molar-refractivity contribution in [1.82, 2.24) is 4.57 Å². The Morgan fingerprint density at radius 3 is 0.711 bits per heavy atom. The SMILES string of the molecule is c1ccc(-c2cccc(-c3cccc(-c4cccc(-c5ccccc5)c4)c3N3c4cc(-c5c6ccccc6c(-c6ccc7ccccc7c6)c6ccccc56)ccc4B4c5ccc(-c6c7ccccc7c(-c7ccc8ccccc8c7)c7ccccc67)cc5N(c5c(-c6cccc(-c7ccccc7)c6)cccc5-c5cccc(-c6ccccc6)c5)c5cc(-n6c7ccccc7c7ccccc76)cc3c54)c2)cc1. The van der Waals surface area contributed by atoms with Crippen LogP contribution in [0.4, 0.5) is 34.1 Å². The average molecular weight is 1800 g/mol. The number of nitrogens with zero attached hydrogens (tertiary/aromatic N) is 3. The molecular formula is C138H88BN3. The van der Waals surface area contributed by atoms with Gasteiger partial charge in [-0.1, -0.05) is 461 Å². The zero-order valence-electron chi connectivity index (χ0n) is 77.7. The fourth-order valence-corrected chi connectivity index (χ4v) is 23.8. The van der Waals surface area contributed by atoms with Gasteiger partial charge in [-0.15, -0.1) is 0 Å². The Kier molecular flexibility index (Phi) is 19.5. The van der Waals surface area contributed by atoms with E-state index < -0.39 is 6.71 Å². The predicted molar refractivity (Wildman–Crippen MR) is 605 cm³/mol. The van der Waals surface area contributed by atoms with Gasteiger partial charge in [0.05, 0.1) is 28.1 Å². The van der Waals surface area contributed by atoms with E-state index in [4.69, 9.17) is 0 Å². The zero-order valence-corrected chi connectivity index (χ0v) is 77.7. The summed E-state index contributed by atoms with van der Waals surface area (Å²) in [4.78, 5) is 5.53. The number of rotatable bonds is 15. The van der Waals surface area contributed by atoms with E-state index in [-0.39, 0.29) is 0 Å². The highest BCUT2D eigenvalue weighted by molar-refractivity contribution is 7.00. The minimum atomic E-state index is -0.415. The molecule has 0 saturated carbocycles. The largest absolute Gasteiger partial charge is 0.310 e. The maximum atomic E-state index is 2.76. The Labute approximate surface area is 825 Å². The molecule has 0 unspecified atom stereocenters. The van der Waals surface area contributed by atoms with Crippen molar-refractivity contribution in [3.05, 3.63) is 534 Å². The number of para-hydroxylation sites is 4. The lowest BCUT2D eigenvalue weighted by molar-refractivity contribution is 1.16. The fourth-order valence-electron chi connectivity index (χ4n) is 23.8. The molecule has 3 nitrogen and oxygen atoms in total. The van der Waals surface area contributed by atoms with E-state index in [2.05, 4.69) is 548 Å². The lowest BCUT2D eigenvalue weighted by atomic mass is 9.33. The Bertz CT molecular complexity index is 8770. The number of aromatic nitrogens is 1. The van der Waals surface area contributed by atoms with E-state index in [0.29, 0.717) is 0 Å². The second kappa shape index (κ2) is 33.8. The lowest BCUT2D eigenvalue weighted by Gasteiger charge is -2.46. The van der Waals surface area contributed by atoms with E-state index >= 15 is 0 Å². The predicted octanol–water partition coefficient (Wildman–Crippen LogP) is 35.8. The number of hydrogen-bond acceptors (Lipinski definition) is 2. The molecule has 142 heavy (non-hydrogen) atoms. The Morgan fingerprint density at radius 1 is 0.148 bits per heavy atom. The van der Waals surface area contributed by atoms with Gasteiger partial charge in [0.15, 0.2) is 0 Å². The minimum Gasteiger partial charge on any atom is -0.310 e. The molecule has 0 radical (unpaired) electrons. The van der Waals surface area contributed by atoms with Gasteiger partial charge < -0.3 is 14.4 Å². The normalized spacial score (nSPS) is 12.2. The van der Waals surface area contributed by atoms with E-state index in [0.717, 1.165) is 151 Å². The number of benzene rings is 25. The van der Waals surface area contributed by atoms with Gasteiger partial charge in [-0.25, -0.2) is 0 Å². The van der Waals surface area contributed by atoms with Gasteiger partial charge in [-0.05, 0) is 265 Å². The maximum absolute atomic E-state index is 2.76. The molecule has 0 aliphatic carbocycles. The van der Waals surface area contributed by atoms with Crippen LogP contribution in [0, 0.1) is 0 Å². The molecule has 0 bridgehead atoms. The highest BCUT2D eigenvalue weighted by Crippen LogP contribution is 2.58. The average Bonchev–Trinajstić information content (AvgIpc) is 0.827. The van der Waals surface area contributed by atoms with Crippen LogP contribution in [0.5, 0.6) is 0 Å². The van der Waals surface area contributed by atoms with Crippen LogP contribution in [0.2, 0.25) is 0 Å². The van der Waals surface area contributed by atoms with Crippen LogP contribution >= 0.6 is 0 Å². The van der Waals surface area contributed by atoms with E-state index in [1.807, 2.05) is 0 Å². The zero-order chi connectivity index (χ0) is 93.4. The van der Waals surface area contributed by atoms with Crippen molar-refractivity contribution in [3.63, 3.8) is 0 Å². The van der Waals surface area contributed by atoms with Crippen LogP contribution < -0.4 is 26.2 Å². The highest BCUT2D eigenvalue weighted by Gasteiger charge is 2.47. The molecule has 2 aliphatic rings. The van der Waals surface area contributed by atoms with Gasteiger partial charge >= 0.3 is 0 Å². The molecule has 0 fully saturated rings. The summed E-state index contributed by atoms with van der Waals surface area (Å²) in [6, 6.07) is 202. The number of fused-ring (bicyclic) bond motifs is 13. The van der Waals surface area contributed by atoms with Crippen molar-refractivity contribution < 1.29 is 0 Å². The van der Waals surface area contributed by atoms with E-state index in [1.54, 1.807) is 0 Å². The van der Waals surface area contributed by atoms with Crippen LogP contribution in [-0.4, -0.2) is 11.3 Å². The van der Waals surface area contributed by atoms with Gasteiger partial charge in [0.2, 0.25) is 0 Å². The van der Waals surface area contributed by atoms with Gasteiger partial charge in [-0.3, -0.25) is 0 Å². The first-order valence-corrected chi connectivity index (χ1v) is 49.3. The molecule has 25 aromatic carbocycles. The highest BCUT2D eigenvalue weighted by atomic mass is 15.2. The third kappa shape index (κ3) is 13.5. The van der Waals surface area contributed by atoms with Crippen molar-refractivity contribution in [2.24, 2.45) is 0 Å². The summed E-state index contributed by atoms with van der Waals surface area (Å²) in [5.74, 6) is 0. The van der Waals surface area contributed by atoms with Crippen LogP contribution in [0.15, 0.2) is 534 Å². The molecule has 28 rings (SSSR count). The van der Waals surface area contributed by atoms with E-state index in [9.17, 15) is 0 Å². The summed E-state index contributed by atoms with van der Waals surface area (Å²) in [5.41, 5.74) is 40.2. The summed E-state index contributed by atoms with van der Waals surface area (Å²) in [6.07, 6.45) is 0. The standard InChI is InChI=1S/C138H88BN3/c1-5-35-89(36-6-1)97-47-29-51-101(79-97)110-65-33-66-111(102-52-30-48-98(80-102)90-37-7-2-8-38-90)137(110)141-128-85-107(134-120-61-21-17-57-116(120)132(117-58-18-22-62-121(117)134)105-73-71-93-43-13-15-45-95(93)83-105)75-77-124(128)139-125-78-76-108(135-122-63-23-19-59-118(122)133(119-60-20-24-64-123(119)135)106-74-72-94-44-14-16-46-96(94)84-106)86-129(125)142(131-88-109(87-130(141)136(131)139)140-126-69-27-25-55-114(126)115-56-26-28-70-127(115)140)138-112(103-53-31-49-99(81-103)91-39-9-3-10-40-91)67-34-68-113(138)104-54-32-50-100(82-104)92-41-11-4-12-42-92/h1-88H. The smallest absolute Gasteiger partial charge is 0.252 e. The summed E-state index contributed by atoms with van der Waals surface area (Å²) < 4.78 is 2.58. The molecule has 0 amide bonds. The van der Waals surface area contributed by atoms with Crippen LogP contribution in [0.25, 0.3) is 226 Å². The Balaban J connectivity index is 0.808. The summed E-state index contributed by atoms with van der Waals surface area (Å²) in [7, 11) is 0. The molecule has 3 heterocycles. The Morgan fingerprint density at radius 2 is 0.394 bits per heavy atom. The van der Waals surface area contributed by atoms with Crippen LogP contribution in [0.3, 0.4) is 0 Å². The first-order chi connectivity index (χ1) is 70.5. The van der Waals surface area contributed by atoms with Crippen molar-refractivity contribution >= 4 is 144 Å². The first-order valence-electron chi connectivity index (χ1n) is 49.3. The summed E-state index contributed by atoms with van der Waals surface area (Å²) in [5, 5.41) is 16.7. The number of hydrogen-bond donors (Lipinski definition) is 0. The molecule has 2 aliphatic heterocycles. The second-order valence-electron chi connectivity index (χ2n) is 37.9. The van der Waals surface area contributed by atoms with Crippen LogP contribution in [-0.2, 0) is 0 Å². The Hall–Kier alpha value is -18.5. The van der Waals surface area contributed by atoms with Gasteiger partial charge in [0.25, 0.3) is 6.71 Å². The van der Waals surface area contributed by atoms with Crippen molar-refractivity contribution in [1.29, 1.82) is 0 Å². The summed E-state index contributed by atoms with van der Waals surface area (Å²) in [6.45, 7) is -0.415. The third-order valence-corrected chi connectivity index (χ3v) is 30.1. The molecule has 26 aromatic rings. The molecule has 0 spiro atoms. The van der Waals surface area contributed by atoms with Gasteiger partial charge in [-0.2, -0.15) is 0 Å².